The first-order chi connectivity index (χ1) is 11.9. The Balaban J connectivity index is 1.52. The maximum atomic E-state index is 11.2. The minimum Gasteiger partial charge on any atom is -0.474 e. The van der Waals surface area contributed by atoms with Crippen molar-refractivity contribution in [3.63, 3.8) is 0 Å². The highest BCUT2D eigenvalue weighted by molar-refractivity contribution is 7.90. The van der Waals surface area contributed by atoms with Gasteiger partial charge in [0.25, 0.3) is 5.88 Å². The summed E-state index contributed by atoms with van der Waals surface area (Å²) in [7, 11) is -3.05. The maximum Gasteiger partial charge on any atom is 0.256 e. The number of anilines is 1. The second kappa shape index (κ2) is 7.92. The molecule has 0 unspecified atom stereocenters. The van der Waals surface area contributed by atoms with E-state index < -0.39 is 9.84 Å². The van der Waals surface area contributed by atoms with E-state index in [1.54, 1.807) is 6.20 Å². The van der Waals surface area contributed by atoms with E-state index in [1.807, 2.05) is 4.68 Å². The highest BCUT2D eigenvalue weighted by Gasteiger charge is 2.28. The van der Waals surface area contributed by atoms with Gasteiger partial charge in [-0.25, -0.2) is 8.42 Å². The number of hydrogen-bond acceptors (Lipinski definition) is 7. The standard InChI is InChI=1S/C16H28N4O4S/c1-25(21,22)11-10-24-16-15(17)12-20(18-16)14-4-2-13(3-5-14)19-6-8-23-9-7-19/h12-14H,2-11,17H2,1H3. The molecule has 3 rings (SSSR count). The molecule has 1 aromatic heterocycles. The Kier molecular flexibility index (Phi) is 5.85. The molecule has 0 amide bonds. The van der Waals surface area contributed by atoms with E-state index in [0.29, 0.717) is 23.7 Å². The Labute approximate surface area is 149 Å². The lowest BCUT2D eigenvalue weighted by Gasteiger charge is -2.38. The summed E-state index contributed by atoms with van der Waals surface area (Å²) in [6, 6.07) is 0.963. The number of morpholine rings is 1. The van der Waals surface area contributed by atoms with E-state index in [2.05, 4.69) is 10.00 Å². The molecule has 0 aromatic carbocycles. The minimum absolute atomic E-state index is 0.0377. The predicted octanol–water partition coefficient (Wildman–Crippen LogP) is 0.705. The molecule has 1 aliphatic carbocycles. The largest absolute Gasteiger partial charge is 0.474 e. The molecule has 1 saturated carbocycles. The van der Waals surface area contributed by atoms with Gasteiger partial charge < -0.3 is 15.2 Å². The third-order valence-electron chi connectivity index (χ3n) is 5.02. The van der Waals surface area contributed by atoms with Crippen LogP contribution in [0.3, 0.4) is 0 Å². The van der Waals surface area contributed by atoms with E-state index in [0.717, 1.165) is 52.0 Å². The first-order valence-corrected chi connectivity index (χ1v) is 11.0. The summed E-state index contributed by atoms with van der Waals surface area (Å²) in [6.07, 6.45) is 7.40. The third-order valence-corrected chi connectivity index (χ3v) is 5.93. The summed E-state index contributed by atoms with van der Waals surface area (Å²) >= 11 is 0. The van der Waals surface area contributed by atoms with Crippen LogP contribution in [0.2, 0.25) is 0 Å². The summed E-state index contributed by atoms with van der Waals surface area (Å²) in [5.74, 6) is 0.295. The quantitative estimate of drug-likeness (QED) is 0.785. The Morgan fingerprint density at radius 2 is 1.88 bits per heavy atom. The summed E-state index contributed by atoms with van der Waals surface area (Å²) < 4.78 is 35.1. The molecular weight excluding hydrogens is 344 g/mol. The maximum absolute atomic E-state index is 11.2. The summed E-state index contributed by atoms with van der Waals surface area (Å²) in [5.41, 5.74) is 6.42. The topological polar surface area (TPSA) is 99.7 Å². The molecular formula is C16H28N4O4S. The number of nitrogens with zero attached hydrogens (tertiary/aromatic N) is 3. The lowest BCUT2D eigenvalue weighted by molar-refractivity contribution is 0.00503. The monoisotopic (exact) mass is 372 g/mol. The van der Waals surface area contributed by atoms with Gasteiger partial charge in [-0.1, -0.05) is 0 Å². The minimum atomic E-state index is -3.05. The highest BCUT2D eigenvalue weighted by atomic mass is 32.2. The van der Waals surface area contributed by atoms with Crippen LogP contribution in [-0.4, -0.2) is 74.1 Å². The first kappa shape index (κ1) is 18.5. The van der Waals surface area contributed by atoms with Crippen LogP contribution in [-0.2, 0) is 14.6 Å². The van der Waals surface area contributed by atoms with Crippen LogP contribution < -0.4 is 10.5 Å². The number of aromatic nitrogens is 2. The first-order valence-electron chi connectivity index (χ1n) is 8.89. The summed E-state index contributed by atoms with van der Waals surface area (Å²) in [4.78, 5) is 2.54. The number of rotatable bonds is 6. The van der Waals surface area contributed by atoms with Crippen molar-refractivity contribution in [1.82, 2.24) is 14.7 Å². The van der Waals surface area contributed by atoms with Crippen LogP contribution >= 0.6 is 0 Å². The van der Waals surface area contributed by atoms with Gasteiger partial charge in [0.15, 0.2) is 9.84 Å². The molecule has 9 heteroatoms. The van der Waals surface area contributed by atoms with Gasteiger partial charge in [-0.15, -0.1) is 5.10 Å². The summed E-state index contributed by atoms with van der Waals surface area (Å²) in [6.45, 7) is 3.81. The van der Waals surface area contributed by atoms with Crippen LogP contribution in [0.25, 0.3) is 0 Å². The van der Waals surface area contributed by atoms with Gasteiger partial charge in [-0.05, 0) is 25.7 Å². The zero-order chi connectivity index (χ0) is 17.9. The lowest BCUT2D eigenvalue weighted by atomic mass is 9.90. The molecule has 1 saturated heterocycles. The average Bonchev–Trinajstić information content (AvgIpc) is 2.96. The van der Waals surface area contributed by atoms with E-state index in [4.69, 9.17) is 15.2 Å². The van der Waals surface area contributed by atoms with Crippen molar-refractivity contribution < 1.29 is 17.9 Å². The van der Waals surface area contributed by atoms with Gasteiger partial charge in [0.1, 0.15) is 12.3 Å². The number of nitrogens with two attached hydrogens (primary N) is 1. The van der Waals surface area contributed by atoms with E-state index in [-0.39, 0.29) is 12.4 Å². The molecule has 8 nitrogen and oxygen atoms in total. The predicted molar refractivity (Wildman–Crippen MR) is 95.5 cm³/mol. The molecule has 25 heavy (non-hydrogen) atoms. The normalized spacial score (nSPS) is 25.8. The molecule has 2 heterocycles. The van der Waals surface area contributed by atoms with Crippen molar-refractivity contribution >= 4 is 15.5 Å². The Morgan fingerprint density at radius 3 is 2.52 bits per heavy atom. The Bertz CT molecular complexity index is 662. The van der Waals surface area contributed by atoms with Crippen molar-refractivity contribution in [1.29, 1.82) is 0 Å². The molecule has 0 spiro atoms. The van der Waals surface area contributed by atoms with Gasteiger partial charge >= 0.3 is 0 Å². The van der Waals surface area contributed by atoms with Crippen molar-refractivity contribution in [2.75, 3.05) is 50.7 Å². The molecule has 2 aliphatic rings. The molecule has 0 atom stereocenters. The van der Waals surface area contributed by atoms with Gasteiger partial charge in [-0.3, -0.25) is 9.58 Å². The number of hydrogen-bond donors (Lipinski definition) is 1. The van der Waals surface area contributed by atoms with Crippen LogP contribution in [0.4, 0.5) is 5.69 Å². The zero-order valence-electron chi connectivity index (χ0n) is 14.8. The van der Waals surface area contributed by atoms with Crippen LogP contribution in [0.15, 0.2) is 6.20 Å². The SMILES string of the molecule is CS(=O)(=O)CCOc1nn(C2CCC(N3CCOCC3)CC2)cc1N. The molecule has 0 radical (unpaired) electrons. The fourth-order valence-electron chi connectivity index (χ4n) is 3.61. The third kappa shape index (κ3) is 5.08. The number of ether oxygens (including phenoxy) is 2. The average molecular weight is 372 g/mol. The van der Waals surface area contributed by atoms with E-state index in [9.17, 15) is 8.42 Å². The molecule has 142 valence electrons. The summed E-state index contributed by atoms with van der Waals surface area (Å²) in [5, 5.41) is 4.43. The van der Waals surface area contributed by atoms with Crippen molar-refractivity contribution in [2.45, 2.75) is 37.8 Å². The number of sulfone groups is 1. The van der Waals surface area contributed by atoms with Gasteiger partial charge in [0.05, 0.1) is 31.2 Å². The Morgan fingerprint density at radius 1 is 1.24 bits per heavy atom. The van der Waals surface area contributed by atoms with Gasteiger partial charge in [-0.2, -0.15) is 0 Å². The highest BCUT2D eigenvalue weighted by Crippen LogP contribution is 2.33. The fraction of sp³-hybridized carbons (Fsp3) is 0.812. The lowest BCUT2D eigenvalue weighted by Crippen LogP contribution is -2.45. The van der Waals surface area contributed by atoms with Gasteiger partial charge in [0.2, 0.25) is 0 Å². The van der Waals surface area contributed by atoms with Crippen molar-refractivity contribution in [3.8, 4) is 5.88 Å². The van der Waals surface area contributed by atoms with Gasteiger partial charge in [0, 0.05) is 25.4 Å². The molecule has 1 aromatic rings. The molecule has 0 bridgehead atoms. The number of nitrogen functional groups attached to an aromatic ring is 1. The van der Waals surface area contributed by atoms with Crippen LogP contribution in [0.1, 0.15) is 31.7 Å². The smallest absolute Gasteiger partial charge is 0.256 e. The second-order valence-electron chi connectivity index (χ2n) is 6.96. The van der Waals surface area contributed by atoms with Crippen molar-refractivity contribution in [3.05, 3.63) is 6.20 Å². The van der Waals surface area contributed by atoms with Crippen LogP contribution in [0.5, 0.6) is 5.88 Å². The fourth-order valence-corrected chi connectivity index (χ4v) is 3.99. The molecule has 1 aliphatic heterocycles. The van der Waals surface area contributed by atoms with E-state index in [1.165, 1.54) is 6.26 Å². The molecule has 2 fully saturated rings. The van der Waals surface area contributed by atoms with Crippen molar-refractivity contribution in [2.24, 2.45) is 0 Å². The Hall–Kier alpha value is -1.32. The van der Waals surface area contributed by atoms with E-state index >= 15 is 0 Å². The second-order valence-corrected chi connectivity index (χ2v) is 9.22. The van der Waals surface area contributed by atoms with Crippen LogP contribution in [0, 0.1) is 0 Å². The zero-order valence-corrected chi connectivity index (χ0v) is 15.6. The molecule has 2 N–H and O–H groups in total.